The molecule has 6 nitrogen and oxygen atoms in total. The van der Waals surface area contributed by atoms with Crippen LogP contribution in [-0.2, 0) is 16.0 Å². The van der Waals surface area contributed by atoms with E-state index in [1.54, 1.807) is 32.9 Å². The molecule has 1 N–H and O–H groups in total. The Labute approximate surface area is 112 Å². The van der Waals surface area contributed by atoms with Gasteiger partial charge in [-0.05, 0) is 32.9 Å². The van der Waals surface area contributed by atoms with Crippen molar-refractivity contribution in [3.8, 4) is 0 Å². The average molecular weight is 269 g/mol. The molecule has 1 aromatic heterocycles. The van der Waals surface area contributed by atoms with Gasteiger partial charge in [0.1, 0.15) is 17.4 Å². The van der Waals surface area contributed by atoms with Gasteiger partial charge in [0.15, 0.2) is 0 Å². The lowest BCUT2D eigenvalue weighted by Gasteiger charge is -2.28. The van der Waals surface area contributed by atoms with Gasteiger partial charge < -0.3 is 14.3 Å². The first-order valence-corrected chi connectivity index (χ1v) is 5.91. The van der Waals surface area contributed by atoms with E-state index in [0.717, 1.165) is 4.90 Å². The second kappa shape index (κ2) is 5.77. The molecule has 106 valence electrons. The van der Waals surface area contributed by atoms with Gasteiger partial charge in [0.2, 0.25) is 0 Å². The van der Waals surface area contributed by atoms with Crippen molar-refractivity contribution in [1.82, 2.24) is 4.90 Å². The van der Waals surface area contributed by atoms with E-state index in [4.69, 9.17) is 9.15 Å². The molecule has 0 unspecified atom stereocenters. The molecule has 0 aromatic carbocycles. The van der Waals surface area contributed by atoms with Gasteiger partial charge >= 0.3 is 12.1 Å². The summed E-state index contributed by atoms with van der Waals surface area (Å²) in [6.45, 7) is 5.17. The van der Waals surface area contributed by atoms with Crippen molar-refractivity contribution in [1.29, 1.82) is 0 Å². The maximum Gasteiger partial charge on any atom is 0.410 e. The monoisotopic (exact) mass is 269 g/mol. The van der Waals surface area contributed by atoms with Gasteiger partial charge in [-0.2, -0.15) is 0 Å². The number of ether oxygens (including phenoxy) is 1. The third-order valence-corrected chi connectivity index (χ3v) is 2.41. The number of carboxylic acid groups (broad SMARTS) is 1. The standard InChI is InChI=1S/C13H19NO5/c1-13(2,3)19-12(17)14(4)10(11(15)16)8-9-6-5-7-18-9/h5-7,10H,8H2,1-4H3,(H,15,16)/t10-/m0/s1. The third-order valence-electron chi connectivity index (χ3n) is 2.41. The van der Waals surface area contributed by atoms with Gasteiger partial charge in [0.25, 0.3) is 0 Å². The topological polar surface area (TPSA) is 80.0 Å². The maximum atomic E-state index is 11.8. The number of likely N-dealkylation sites (N-methyl/N-ethyl adjacent to an activating group) is 1. The average Bonchev–Trinajstić information content (AvgIpc) is 2.74. The van der Waals surface area contributed by atoms with E-state index >= 15 is 0 Å². The fourth-order valence-electron chi connectivity index (χ4n) is 1.47. The van der Waals surface area contributed by atoms with Crippen molar-refractivity contribution in [2.45, 2.75) is 38.8 Å². The molecule has 1 rings (SSSR count). The SMILES string of the molecule is CN(C(=O)OC(C)(C)C)[C@@H](Cc1ccco1)C(=O)O. The number of rotatable bonds is 4. The Balaban J connectivity index is 2.76. The molecule has 0 saturated heterocycles. The summed E-state index contributed by atoms with van der Waals surface area (Å²) in [5.41, 5.74) is -0.668. The maximum absolute atomic E-state index is 11.8. The van der Waals surface area contributed by atoms with Crippen LogP contribution in [0.5, 0.6) is 0 Å². The van der Waals surface area contributed by atoms with Gasteiger partial charge in [-0.1, -0.05) is 0 Å². The fraction of sp³-hybridized carbons (Fsp3) is 0.538. The van der Waals surface area contributed by atoms with Gasteiger partial charge in [0.05, 0.1) is 6.26 Å². The number of aliphatic carboxylic acids is 1. The number of nitrogens with zero attached hydrogens (tertiary/aromatic N) is 1. The number of carbonyl (C=O) groups excluding carboxylic acids is 1. The lowest BCUT2D eigenvalue weighted by atomic mass is 10.1. The highest BCUT2D eigenvalue weighted by molar-refractivity contribution is 5.80. The fourth-order valence-corrected chi connectivity index (χ4v) is 1.47. The Bertz CT molecular complexity index is 432. The molecule has 0 fully saturated rings. The van der Waals surface area contributed by atoms with Crippen molar-refractivity contribution in [2.75, 3.05) is 7.05 Å². The van der Waals surface area contributed by atoms with E-state index in [1.165, 1.54) is 13.3 Å². The van der Waals surface area contributed by atoms with E-state index in [1.807, 2.05) is 0 Å². The van der Waals surface area contributed by atoms with Crippen LogP contribution < -0.4 is 0 Å². The lowest BCUT2D eigenvalue weighted by Crippen LogP contribution is -2.45. The second-order valence-corrected chi connectivity index (χ2v) is 5.23. The van der Waals surface area contributed by atoms with Crippen molar-refractivity contribution in [2.24, 2.45) is 0 Å². The number of hydrogen-bond acceptors (Lipinski definition) is 4. The Morgan fingerprint density at radius 3 is 2.53 bits per heavy atom. The molecule has 19 heavy (non-hydrogen) atoms. The van der Waals surface area contributed by atoms with Gasteiger partial charge in [-0.25, -0.2) is 9.59 Å². The van der Waals surface area contributed by atoms with Crippen LogP contribution in [0, 0.1) is 0 Å². The molecular formula is C13H19NO5. The van der Waals surface area contributed by atoms with Gasteiger partial charge in [0, 0.05) is 13.5 Å². The largest absolute Gasteiger partial charge is 0.480 e. The minimum Gasteiger partial charge on any atom is -0.480 e. The zero-order valence-electron chi connectivity index (χ0n) is 11.5. The third kappa shape index (κ3) is 4.65. The van der Waals surface area contributed by atoms with Crippen LogP contribution in [-0.4, -0.2) is 40.8 Å². The first-order chi connectivity index (χ1) is 8.70. The minimum absolute atomic E-state index is 0.0953. The molecule has 0 saturated carbocycles. The van der Waals surface area contributed by atoms with E-state index in [-0.39, 0.29) is 6.42 Å². The van der Waals surface area contributed by atoms with Gasteiger partial charge in [-0.15, -0.1) is 0 Å². The summed E-state index contributed by atoms with van der Waals surface area (Å²) in [5, 5.41) is 9.20. The molecule has 0 radical (unpaired) electrons. The van der Waals surface area contributed by atoms with Crippen LogP contribution in [0.25, 0.3) is 0 Å². The summed E-state index contributed by atoms with van der Waals surface area (Å²) >= 11 is 0. The molecule has 0 bridgehead atoms. The molecule has 0 aliphatic rings. The highest BCUT2D eigenvalue weighted by Gasteiger charge is 2.30. The Morgan fingerprint density at radius 2 is 2.11 bits per heavy atom. The van der Waals surface area contributed by atoms with Crippen LogP contribution in [0.2, 0.25) is 0 Å². The Morgan fingerprint density at radius 1 is 1.47 bits per heavy atom. The number of furan rings is 1. The lowest BCUT2D eigenvalue weighted by molar-refractivity contribution is -0.142. The van der Waals surface area contributed by atoms with Crippen LogP contribution >= 0.6 is 0 Å². The second-order valence-electron chi connectivity index (χ2n) is 5.23. The molecule has 1 heterocycles. The van der Waals surface area contributed by atoms with E-state index in [0.29, 0.717) is 5.76 Å². The summed E-state index contributed by atoms with van der Waals surface area (Å²) in [5.74, 6) is -0.604. The zero-order valence-corrected chi connectivity index (χ0v) is 11.5. The van der Waals surface area contributed by atoms with Crippen LogP contribution in [0.1, 0.15) is 26.5 Å². The Hall–Kier alpha value is -1.98. The number of hydrogen-bond donors (Lipinski definition) is 1. The van der Waals surface area contributed by atoms with E-state index in [9.17, 15) is 14.7 Å². The summed E-state index contributed by atoms with van der Waals surface area (Å²) < 4.78 is 10.2. The summed E-state index contributed by atoms with van der Waals surface area (Å²) in [7, 11) is 1.40. The summed E-state index contributed by atoms with van der Waals surface area (Å²) in [4.78, 5) is 24.2. The highest BCUT2D eigenvalue weighted by Crippen LogP contribution is 2.14. The number of carboxylic acids is 1. The molecular weight excluding hydrogens is 250 g/mol. The molecule has 0 aliphatic heterocycles. The minimum atomic E-state index is -1.11. The predicted octanol–water partition coefficient (Wildman–Crippen LogP) is 2.14. The zero-order chi connectivity index (χ0) is 14.6. The summed E-state index contributed by atoms with van der Waals surface area (Å²) in [6, 6.07) is 2.31. The van der Waals surface area contributed by atoms with Crippen molar-refractivity contribution >= 4 is 12.1 Å². The smallest absolute Gasteiger partial charge is 0.410 e. The molecule has 1 amide bonds. The first kappa shape index (κ1) is 15.1. The van der Waals surface area contributed by atoms with E-state index in [2.05, 4.69) is 0 Å². The van der Waals surface area contributed by atoms with Crippen LogP contribution in [0.3, 0.4) is 0 Å². The highest BCUT2D eigenvalue weighted by atomic mass is 16.6. The summed E-state index contributed by atoms with van der Waals surface area (Å²) in [6.07, 6.45) is 0.881. The van der Waals surface area contributed by atoms with Gasteiger partial charge in [-0.3, -0.25) is 4.90 Å². The molecule has 0 aliphatic carbocycles. The van der Waals surface area contributed by atoms with Crippen LogP contribution in [0.4, 0.5) is 4.79 Å². The molecule has 6 heteroatoms. The van der Waals surface area contributed by atoms with Crippen LogP contribution in [0.15, 0.2) is 22.8 Å². The van der Waals surface area contributed by atoms with Crippen molar-refractivity contribution < 1.29 is 23.8 Å². The molecule has 1 atom stereocenters. The van der Waals surface area contributed by atoms with Crippen molar-refractivity contribution in [3.63, 3.8) is 0 Å². The quantitative estimate of drug-likeness (QED) is 0.905. The van der Waals surface area contributed by atoms with E-state index < -0.39 is 23.7 Å². The molecule has 0 spiro atoms. The normalized spacial score (nSPS) is 12.8. The predicted molar refractivity (Wildman–Crippen MR) is 67.8 cm³/mol. The first-order valence-electron chi connectivity index (χ1n) is 5.91. The number of amides is 1. The Kier molecular flexibility index (Phi) is 4.58. The molecule has 1 aromatic rings. The number of carbonyl (C=O) groups is 2. The van der Waals surface area contributed by atoms with Crippen molar-refractivity contribution in [3.05, 3.63) is 24.2 Å².